The number of rotatable bonds is 4. The minimum absolute atomic E-state index is 0.00505. The lowest BCUT2D eigenvalue weighted by atomic mass is 9.47. The Labute approximate surface area is 213 Å². The van der Waals surface area contributed by atoms with Crippen LogP contribution >= 0.6 is 0 Å². The molecule has 8 atom stereocenters. The van der Waals surface area contributed by atoms with Gasteiger partial charge in [0, 0.05) is 25.3 Å². The SMILES string of the molecule is CC(=O)O[C@H]1CC[C@@]2(C)C(=CC[C@H]3[C@@H]4C[C@@H](Nc5nc6ccccc6[nH]5)[C@@H](C(C)=O)[C@@]4(C)CC[C@@H]32)C1. The molecule has 4 aliphatic rings. The van der Waals surface area contributed by atoms with Crippen LogP contribution in [0.3, 0.4) is 0 Å². The Morgan fingerprint density at radius 1 is 1.11 bits per heavy atom. The van der Waals surface area contributed by atoms with E-state index in [9.17, 15) is 9.59 Å². The minimum Gasteiger partial charge on any atom is -0.462 e. The first kappa shape index (κ1) is 23.7. The van der Waals surface area contributed by atoms with Crippen LogP contribution in [-0.2, 0) is 14.3 Å². The number of nitrogens with one attached hydrogen (secondary N) is 2. The summed E-state index contributed by atoms with van der Waals surface area (Å²) in [6.07, 6.45) is 9.77. The summed E-state index contributed by atoms with van der Waals surface area (Å²) in [5.74, 6) is 2.62. The molecule has 1 aromatic heterocycles. The first-order valence-electron chi connectivity index (χ1n) is 13.8. The molecule has 6 nitrogen and oxygen atoms in total. The monoisotopic (exact) mass is 489 g/mol. The normalized spacial score (nSPS) is 39.5. The van der Waals surface area contributed by atoms with Crippen LogP contribution in [0, 0.1) is 34.5 Å². The quantitative estimate of drug-likeness (QED) is 0.403. The van der Waals surface area contributed by atoms with E-state index in [0.717, 1.165) is 55.5 Å². The Morgan fingerprint density at radius 3 is 2.67 bits per heavy atom. The Kier molecular flexibility index (Phi) is 5.58. The van der Waals surface area contributed by atoms with Gasteiger partial charge in [0.25, 0.3) is 0 Å². The van der Waals surface area contributed by atoms with E-state index in [-0.39, 0.29) is 34.9 Å². The molecule has 1 aromatic carbocycles. The van der Waals surface area contributed by atoms with Crippen molar-refractivity contribution in [2.24, 2.45) is 34.5 Å². The third-order valence-electron chi connectivity index (χ3n) is 10.6. The Hall–Kier alpha value is -2.63. The molecule has 6 rings (SSSR count). The maximum absolute atomic E-state index is 13.1. The van der Waals surface area contributed by atoms with Gasteiger partial charge in [-0.2, -0.15) is 0 Å². The van der Waals surface area contributed by atoms with Gasteiger partial charge in [-0.05, 0) is 86.2 Å². The second kappa shape index (κ2) is 8.46. The number of ether oxygens (including phenoxy) is 1. The fraction of sp³-hybridized carbons (Fsp3) is 0.633. The average molecular weight is 490 g/mol. The standard InChI is InChI=1S/C30H39N3O3/c1-17(34)27-26(33-28-31-24-7-5-6-8-25(24)32-28)16-23-21-10-9-19-15-20(36-18(2)35)11-13-29(19,3)22(21)12-14-30(23,27)4/h5-9,20-23,26-27H,10-16H2,1-4H3,(H2,31,32,33)/t20-,21+,22-,23-,26+,27+,29-,30-/m0/s1. The van der Waals surface area contributed by atoms with E-state index in [1.54, 1.807) is 6.92 Å². The smallest absolute Gasteiger partial charge is 0.302 e. The molecule has 36 heavy (non-hydrogen) atoms. The number of para-hydroxylation sites is 2. The number of carbonyl (C=O) groups excluding carboxylic acids is 2. The molecule has 192 valence electrons. The number of anilines is 1. The number of nitrogens with zero attached hydrogens (tertiary/aromatic N) is 1. The zero-order valence-electron chi connectivity index (χ0n) is 22.0. The number of hydrogen-bond acceptors (Lipinski definition) is 5. The van der Waals surface area contributed by atoms with E-state index in [1.807, 2.05) is 24.3 Å². The molecule has 2 N–H and O–H groups in total. The fourth-order valence-corrected chi connectivity index (χ4v) is 9.10. The van der Waals surface area contributed by atoms with E-state index in [2.05, 4.69) is 30.2 Å². The van der Waals surface area contributed by atoms with Crippen molar-refractivity contribution in [3.8, 4) is 0 Å². The highest BCUT2D eigenvalue weighted by Gasteiger charge is 2.62. The molecule has 0 bridgehead atoms. The summed E-state index contributed by atoms with van der Waals surface area (Å²) in [6, 6.07) is 8.16. The van der Waals surface area contributed by atoms with Crippen LogP contribution in [0.25, 0.3) is 11.0 Å². The maximum atomic E-state index is 13.1. The third kappa shape index (κ3) is 3.62. The number of aromatic nitrogens is 2. The van der Waals surface area contributed by atoms with Crippen LogP contribution in [0.5, 0.6) is 0 Å². The van der Waals surface area contributed by atoms with Gasteiger partial charge >= 0.3 is 5.97 Å². The molecule has 0 spiro atoms. The van der Waals surface area contributed by atoms with Gasteiger partial charge in [-0.15, -0.1) is 0 Å². The first-order valence-corrected chi connectivity index (χ1v) is 13.8. The molecule has 6 heteroatoms. The third-order valence-corrected chi connectivity index (χ3v) is 10.6. The number of aromatic amines is 1. The van der Waals surface area contributed by atoms with Gasteiger partial charge in [0.05, 0.1) is 11.0 Å². The van der Waals surface area contributed by atoms with Gasteiger partial charge < -0.3 is 15.0 Å². The molecular formula is C30H39N3O3. The van der Waals surface area contributed by atoms with Gasteiger partial charge in [-0.25, -0.2) is 4.98 Å². The number of ketones is 1. The highest BCUT2D eigenvalue weighted by molar-refractivity contribution is 5.81. The van der Waals surface area contributed by atoms with Crippen LogP contribution < -0.4 is 5.32 Å². The van der Waals surface area contributed by atoms with Crippen molar-refractivity contribution in [3.63, 3.8) is 0 Å². The summed E-state index contributed by atoms with van der Waals surface area (Å²) in [4.78, 5) is 32.9. The zero-order valence-corrected chi connectivity index (χ0v) is 22.0. The van der Waals surface area contributed by atoms with Crippen molar-refractivity contribution in [2.75, 3.05) is 5.32 Å². The molecule has 0 aliphatic heterocycles. The van der Waals surface area contributed by atoms with Crippen LogP contribution in [0.1, 0.15) is 72.6 Å². The fourth-order valence-electron chi connectivity index (χ4n) is 9.10. The molecular weight excluding hydrogens is 450 g/mol. The van der Waals surface area contributed by atoms with Gasteiger partial charge in [0.15, 0.2) is 0 Å². The topological polar surface area (TPSA) is 84.1 Å². The Morgan fingerprint density at radius 2 is 1.92 bits per heavy atom. The number of benzene rings is 1. The van der Waals surface area contributed by atoms with Crippen LogP contribution in [0.4, 0.5) is 5.95 Å². The van der Waals surface area contributed by atoms with E-state index >= 15 is 0 Å². The number of hydrogen-bond donors (Lipinski definition) is 2. The summed E-state index contributed by atoms with van der Waals surface area (Å²) in [7, 11) is 0. The maximum Gasteiger partial charge on any atom is 0.302 e. The number of H-pyrrole nitrogens is 1. The summed E-state index contributed by atoms with van der Waals surface area (Å²) in [6.45, 7) is 8.15. The van der Waals surface area contributed by atoms with Gasteiger partial charge in [0.2, 0.25) is 5.95 Å². The molecule has 0 radical (unpaired) electrons. The largest absolute Gasteiger partial charge is 0.462 e. The zero-order chi connectivity index (χ0) is 25.2. The summed E-state index contributed by atoms with van der Waals surface area (Å²) < 4.78 is 5.61. The van der Waals surface area contributed by atoms with Crippen LogP contribution in [0.2, 0.25) is 0 Å². The van der Waals surface area contributed by atoms with Crippen molar-refractivity contribution in [3.05, 3.63) is 35.9 Å². The summed E-state index contributed by atoms with van der Waals surface area (Å²) in [5.41, 5.74) is 3.65. The lowest BCUT2D eigenvalue weighted by molar-refractivity contribution is -0.149. The Bertz CT molecular complexity index is 1200. The van der Waals surface area contributed by atoms with Crippen LogP contribution in [-0.4, -0.2) is 33.9 Å². The average Bonchev–Trinajstić information content (AvgIpc) is 3.36. The number of fused-ring (bicyclic) bond motifs is 6. The second-order valence-corrected chi connectivity index (χ2v) is 12.5. The van der Waals surface area contributed by atoms with E-state index < -0.39 is 0 Å². The lowest BCUT2D eigenvalue weighted by Gasteiger charge is -2.57. The van der Waals surface area contributed by atoms with E-state index in [1.165, 1.54) is 18.9 Å². The van der Waals surface area contributed by atoms with Crippen molar-refractivity contribution in [1.82, 2.24) is 9.97 Å². The van der Waals surface area contributed by atoms with E-state index in [4.69, 9.17) is 9.72 Å². The van der Waals surface area contributed by atoms with Crippen molar-refractivity contribution >= 4 is 28.7 Å². The molecule has 0 saturated heterocycles. The number of Topliss-reactive ketones (excluding diaryl/α,β-unsaturated/α-hetero) is 1. The van der Waals surface area contributed by atoms with Crippen molar-refractivity contribution < 1.29 is 14.3 Å². The molecule has 0 unspecified atom stereocenters. The van der Waals surface area contributed by atoms with E-state index in [0.29, 0.717) is 23.5 Å². The number of imidazole rings is 1. The number of allylic oxidation sites excluding steroid dienone is 1. The molecule has 2 aromatic rings. The Balaban J connectivity index is 1.28. The van der Waals surface area contributed by atoms with Crippen molar-refractivity contribution in [2.45, 2.75) is 84.8 Å². The molecule has 3 saturated carbocycles. The van der Waals surface area contributed by atoms with Crippen molar-refractivity contribution in [1.29, 1.82) is 0 Å². The lowest BCUT2D eigenvalue weighted by Crippen LogP contribution is -2.51. The number of esters is 1. The second-order valence-electron chi connectivity index (χ2n) is 12.5. The highest BCUT2D eigenvalue weighted by Crippen LogP contribution is 2.66. The van der Waals surface area contributed by atoms with Gasteiger partial charge in [0.1, 0.15) is 11.9 Å². The highest BCUT2D eigenvalue weighted by atomic mass is 16.5. The minimum atomic E-state index is -0.171. The predicted octanol–water partition coefficient (Wildman–Crippen LogP) is 6.05. The predicted molar refractivity (Wildman–Crippen MR) is 140 cm³/mol. The van der Waals surface area contributed by atoms with Gasteiger partial charge in [-0.3, -0.25) is 9.59 Å². The molecule has 0 amide bonds. The van der Waals surface area contributed by atoms with Crippen LogP contribution in [0.15, 0.2) is 35.9 Å². The summed E-state index contributed by atoms with van der Waals surface area (Å²) in [5, 5.41) is 3.68. The molecule has 3 fully saturated rings. The first-order chi connectivity index (χ1) is 17.2. The summed E-state index contributed by atoms with van der Waals surface area (Å²) >= 11 is 0. The number of carbonyl (C=O) groups is 2. The molecule has 1 heterocycles. The van der Waals surface area contributed by atoms with Gasteiger partial charge in [-0.1, -0.05) is 37.6 Å². The molecule has 4 aliphatic carbocycles.